The minimum atomic E-state index is 0.119. The first-order valence-electron chi connectivity index (χ1n) is 8.48. The molecule has 2 saturated heterocycles. The molecular formula is C18H29N3. The molecule has 1 aromatic rings. The van der Waals surface area contributed by atoms with Crippen molar-refractivity contribution >= 4 is 5.69 Å². The van der Waals surface area contributed by atoms with Gasteiger partial charge in [-0.1, -0.05) is 25.5 Å². The summed E-state index contributed by atoms with van der Waals surface area (Å²) >= 11 is 0. The molecule has 3 nitrogen and oxygen atoms in total. The molecule has 21 heavy (non-hydrogen) atoms. The Morgan fingerprint density at radius 3 is 2.67 bits per heavy atom. The van der Waals surface area contributed by atoms with E-state index in [0.717, 1.165) is 13.0 Å². The van der Waals surface area contributed by atoms with Crippen molar-refractivity contribution in [3.8, 4) is 0 Å². The van der Waals surface area contributed by atoms with E-state index in [1.807, 2.05) is 0 Å². The number of nitrogens with zero attached hydrogens (tertiary/aromatic N) is 2. The van der Waals surface area contributed by atoms with Crippen LogP contribution in [0.5, 0.6) is 0 Å². The summed E-state index contributed by atoms with van der Waals surface area (Å²) < 4.78 is 0. The fraction of sp³-hybridized carbons (Fsp3) is 0.667. The topological polar surface area (TPSA) is 32.5 Å². The van der Waals surface area contributed by atoms with E-state index in [1.54, 1.807) is 0 Å². The molecule has 0 amide bonds. The lowest BCUT2D eigenvalue weighted by atomic mass is 9.83. The lowest BCUT2D eigenvalue weighted by Crippen LogP contribution is -2.61. The Labute approximate surface area is 129 Å². The van der Waals surface area contributed by atoms with Crippen LogP contribution in [0.15, 0.2) is 24.3 Å². The summed E-state index contributed by atoms with van der Waals surface area (Å²) in [6, 6.07) is 9.67. The van der Waals surface area contributed by atoms with E-state index in [1.165, 1.54) is 50.0 Å². The number of benzene rings is 1. The summed E-state index contributed by atoms with van der Waals surface area (Å²) in [4.78, 5) is 5.15. The standard InChI is InChI=1S/C18H29N3/c1-3-15-7-9-16(10-8-15)20(2)18(14-19)11-13-21-12-5-4-6-17(18)21/h7-10,17H,3-6,11-14,19H2,1-2H3. The van der Waals surface area contributed by atoms with Crippen molar-refractivity contribution in [3.05, 3.63) is 29.8 Å². The fourth-order valence-electron chi connectivity index (χ4n) is 4.35. The molecule has 0 spiro atoms. The second-order valence-corrected chi connectivity index (χ2v) is 6.68. The maximum atomic E-state index is 6.30. The number of anilines is 1. The Balaban J connectivity index is 1.87. The third kappa shape index (κ3) is 2.47. The van der Waals surface area contributed by atoms with Gasteiger partial charge in [0, 0.05) is 31.9 Å². The first-order valence-corrected chi connectivity index (χ1v) is 8.48. The molecule has 116 valence electrons. The molecule has 3 heteroatoms. The highest BCUT2D eigenvalue weighted by atomic mass is 15.3. The minimum Gasteiger partial charge on any atom is -0.366 e. The zero-order chi connectivity index (χ0) is 14.9. The Hall–Kier alpha value is -1.06. The van der Waals surface area contributed by atoms with Crippen molar-refractivity contribution in [2.24, 2.45) is 5.73 Å². The summed E-state index contributed by atoms with van der Waals surface area (Å²) in [6.45, 7) is 5.42. The molecule has 0 bridgehead atoms. The normalized spacial score (nSPS) is 29.4. The highest BCUT2D eigenvalue weighted by Crippen LogP contribution is 2.40. The number of piperidine rings is 1. The smallest absolute Gasteiger partial charge is 0.0687 e. The van der Waals surface area contributed by atoms with E-state index in [9.17, 15) is 0 Å². The van der Waals surface area contributed by atoms with Crippen LogP contribution in [0.25, 0.3) is 0 Å². The van der Waals surface area contributed by atoms with Crippen LogP contribution in [-0.2, 0) is 6.42 Å². The molecule has 2 aliphatic rings. The molecule has 2 unspecified atom stereocenters. The SMILES string of the molecule is CCc1ccc(N(C)C2(CN)CCN3CCCCC32)cc1. The van der Waals surface area contributed by atoms with Gasteiger partial charge in [-0.2, -0.15) is 0 Å². The summed E-state index contributed by atoms with van der Waals surface area (Å²) in [7, 11) is 2.24. The van der Waals surface area contributed by atoms with Crippen molar-refractivity contribution in [2.45, 2.75) is 50.6 Å². The molecule has 0 saturated carbocycles. The van der Waals surface area contributed by atoms with Gasteiger partial charge in [0.25, 0.3) is 0 Å². The first kappa shape index (κ1) is 14.9. The minimum absolute atomic E-state index is 0.119. The predicted octanol–water partition coefficient (Wildman–Crippen LogP) is 2.64. The Bertz CT molecular complexity index is 470. The van der Waals surface area contributed by atoms with E-state index >= 15 is 0 Å². The summed E-state index contributed by atoms with van der Waals surface area (Å²) in [5, 5.41) is 0. The molecule has 2 N–H and O–H groups in total. The molecule has 2 aliphatic heterocycles. The number of hydrogen-bond donors (Lipinski definition) is 1. The van der Waals surface area contributed by atoms with Crippen molar-refractivity contribution in [2.75, 3.05) is 31.6 Å². The van der Waals surface area contributed by atoms with Crippen LogP contribution in [-0.4, -0.2) is 43.2 Å². The fourth-order valence-corrected chi connectivity index (χ4v) is 4.35. The molecule has 0 radical (unpaired) electrons. The third-order valence-corrected chi connectivity index (χ3v) is 5.82. The molecule has 0 aliphatic carbocycles. The van der Waals surface area contributed by atoms with Gasteiger partial charge >= 0.3 is 0 Å². The summed E-state index contributed by atoms with van der Waals surface area (Å²) in [5.41, 5.74) is 9.13. The van der Waals surface area contributed by atoms with E-state index in [2.05, 4.69) is 48.0 Å². The van der Waals surface area contributed by atoms with E-state index in [4.69, 9.17) is 5.73 Å². The zero-order valence-electron chi connectivity index (χ0n) is 13.5. The van der Waals surface area contributed by atoms with Crippen LogP contribution < -0.4 is 10.6 Å². The van der Waals surface area contributed by atoms with Crippen LogP contribution in [0, 0.1) is 0 Å². The van der Waals surface area contributed by atoms with Gasteiger partial charge in [0.2, 0.25) is 0 Å². The highest BCUT2D eigenvalue weighted by Gasteiger charge is 2.49. The first-order chi connectivity index (χ1) is 10.2. The number of rotatable bonds is 4. The van der Waals surface area contributed by atoms with Crippen LogP contribution in [0.4, 0.5) is 5.69 Å². The molecule has 2 fully saturated rings. The number of likely N-dealkylation sites (N-methyl/N-ethyl adjacent to an activating group) is 1. The number of aryl methyl sites for hydroxylation is 1. The van der Waals surface area contributed by atoms with Gasteiger partial charge in [-0.25, -0.2) is 0 Å². The van der Waals surface area contributed by atoms with Gasteiger partial charge in [0.1, 0.15) is 0 Å². The van der Waals surface area contributed by atoms with Crippen molar-refractivity contribution in [1.82, 2.24) is 4.90 Å². The van der Waals surface area contributed by atoms with Crippen LogP contribution in [0.3, 0.4) is 0 Å². The van der Waals surface area contributed by atoms with E-state index < -0.39 is 0 Å². The monoisotopic (exact) mass is 287 g/mol. The van der Waals surface area contributed by atoms with Crippen LogP contribution in [0.1, 0.15) is 38.2 Å². The average Bonchev–Trinajstić information content (AvgIpc) is 2.94. The molecule has 3 rings (SSSR count). The third-order valence-electron chi connectivity index (χ3n) is 5.82. The number of hydrogen-bond acceptors (Lipinski definition) is 3. The van der Waals surface area contributed by atoms with Crippen molar-refractivity contribution in [1.29, 1.82) is 0 Å². The lowest BCUT2D eigenvalue weighted by Gasteiger charge is -2.47. The van der Waals surface area contributed by atoms with E-state index in [0.29, 0.717) is 6.04 Å². The number of nitrogens with two attached hydrogens (primary N) is 1. The molecule has 0 aromatic heterocycles. The van der Waals surface area contributed by atoms with Gasteiger partial charge in [-0.3, -0.25) is 4.90 Å². The Morgan fingerprint density at radius 1 is 1.24 bits per heavy atom. The molecular weight excluding hydrogens is 258 g/mol. The Kier molecular flexibility index (Phi) is 4.23. The van der Waals surface area contributed by atoms with Gasteiger partial charge in [-0.15, -0.1) is 0 Å². The van der Waals surface area contributed by atoms with Crippen LogP contribution in [0.2, 0.25) is 0 Å². The second-order valence-electron chi connectivity index (χ2n) is 6.68. The molecule has 2 heterocycles. The predicted molar refractivity (Wildman–Crippen MR) is 89.8 cm³/mol. The van der Waals surface area contributed by atoms with Gasteiger partial charge in [0.05, 0.1) is 5.54 Å². The highest BCUT2D eigenvalue weighted by molar-refractivity contribution is 5.51. The van der Waals surface area contributed by atoms with Crippen molar-refractivity contribution in [3.63, 3.8) is 0 Å². The summed E-state index contributed by atoms with van der Waals surface area (Å²) in [6.07, 6.45) is 6.30. The molecule has 2 atom stereocenters. The largest absolute Gasteiger partial charge is 0.366 e. The average molecular weight is 287 g/mol. The summed E-state index contributed by atoms with van der Waals surface area (Å²) in [5.74, 6) is 0. The van der Waals surface area contributed by atoms with Gasteiger partial charge in [0.15, 0.2) is 0 Å². The lowest BCUT2D eigenvalue weighted by molar-refractivity contribution is 0.157. The Morgan fingerprint density at radius 2 is 2.00 bits per heavy atom. The zero-order valence-corrected chi connectivity index (χ0v) is 13.5. The quantitative estimate of drug-likeness (QED) is 0.924. The van der Waals surface area contributed by atoms with E-state index in [-0.39, 0.29) is 5.54 Å². The van der Waals surface area contributed by atoms with Gasteiger partial charge in [-0.05, 0) is 49.9 Å². The maximum Gasteiger partial charge on any atom is 0.0687 e. The molecule has 1 aromatic carbocycles. The maximum absolute atomic E-state index is 6.30. The number of fused-ring (bicyclic) bond motifs is 1. The van der Waals surface area contributed by atoms with Crippen molar-refractivity contribution < 1.29 is 0 Å². The van der Waals surface area contributed by atoms with Gasteiger partial charge < -0.3 is 10.6 Å². The van der Waals surface area contributed by atoms with Crippen LogP contribution >= 0.6 is 0 Å². The second kappa shape index (κ2) is 5.98.